The van der Waals surface area contributed by atoms with Crippen LogP contribution in [0.2, 0.25) is 0 Å². The molecule has 0 aliphatic carbocycles. The summed E-state index contributed by atoms with van der Waals surface area (Å²) in [5.74, 6) is -0.894. The van der Waals surface area contributed by atoms with Crippen LogP contribution in [0.4, 0.5) is 5.95 Å². The van der Waals surface area contributed by atoms with Gasteiger partial charge in [-0.05, 0) is 28.1 Å². The normalized spacial score (nSPS) is 14.8. The molecule has 35 heavy (non-hydrogen) atoms. The number of anilines is 1. The van der Waals surface area contributed by atoms with Gasteiger partial charge in [0.15, 0.2) is 4.34 Å². The molecule has 11 nitrogen and oxygen atoms in total. The van der Waals surface area contributed by atoms with Gasteiger partial charge in [0.1, 0.15) is 11.0 Å². The summed E-state index contributed by atoms with van der Waals surface area (Å²) >= 11 is 2.87. The minimum atomic E-state index is -1.04. The van der Waals surface area contributed by atoms with E-state index in [9.17, 15) is 14.7 Å². The number of methoxy groups -OCH3 is 1. The van der Waals surface area contributed by atoms with Crippen molar-refractivity contribution in [3.05, 3.63) is 77.0 Å². The van der Waals surface area contributed by atoms with Gasteiger partial charge >= 0.3 is 11.9 Å². The molecule has 1 atom stereocenters. The number of benzene rings is 2. The number of aromatic nitrogens is 6. The van der Waals surface area contributed by atoms with Gasteiger partial charge in [0.2, 0.25) is 5.95 Å². The summed E-state index contributed by atoms with van der Waals surface area (Å²) in [4.78, 5) is 24.2. The number of carbonyl (C=O) groups excluding carboxylic acids is 1. The van der Waals surface area contributed by atoms with E-state index in [2.05, 4.69) is 31.0 Å². The molecule has 0 spiro atoms. The van der Waals surface area contributed by atoms with Crippen LogP contribution in [0.25, 0.3) is 10.6 Å². The summed E-state index contributed by atoms with van der Waals surface area (Å²) in [7, 11) is 1.30. The van der Waals surface area contributed by atoms with Gasteiger partial charge in [0, 0.05) is 17.0 Å². The third-order valence-corrected chi connectivity index (χ3v) is 7.38. The summed E-state index contributed by atoms with van der Waals surface area (Å²) < 4.78 is 7.29. The number of tetrazole rings is 1. The van der Waals surface area contributed by atoms with E-state index in [0.29, 0.717) is 28.5 Å². The quantitative estimate of drug-likeness (QED) is 0.281. The highest BCUT2D eigenvalue weighted by Crippen LogP contribution is 2.38. The minimum Gasteiger partial charge on any atom is -0.478 e. The largest absolute Gasteiger partial charge is 0.478 e. The molecule has 0 radical (unpaired) electrons. The number of nitrogens with zero attached hydrogens (tertiary/aromatic N) is 6. The van der Waals surface area contributed by atoms with Gasteiger partial charge in [-0.2, -0.15) is 4.68 Å². The van der Waals surface area contributed by atoms with Gasteiger partial charge in [-0.3, -0.25) is 0 Å². The maximum Gasteiger partial charge on any atom is 0.338 e. The van der Waals surface area contributed by atoms with Gasteiger partial charge in [-0.25, -0.2) is 9.59 Å². The van der Waals surface area contributed by atoms with Crippen molar-refractivity contribution < 1.29 is 19.4 Å². The molecule has 1 aliphatic rings. The standard InChI is InChI=1S/C22H17N7O4S2/c1-33-20(32)16-15(11-34-22-26-24-18(35-22)13-5-3-2-4-6-13)23-21-25-27-28-29(21)17(16)12-7-9-14(10-8-12)19(30)31/h2-10,17H,11H2,1H3,(H,30,31)(H,23,25,28). The van der Waals surface area contributed by atoms with Crippen molar-refractivity contribution in [2.45, 2.75) is 10.4 Å². The first kappa shape index (κ1) is 22.7. The Morgan fingerprint density at radius 2 is 1.89 bits per heavy atom. The van der Waals surface area contributed by atoms with Gasteiger partial charge < -0.3 is 15.2 Å². The predicted octanol–water partition coefficient (Wildman–Crippen LogP) is 3.12. The van der Waals surface area contributed by atoms with Crippen LogP contribution in [0.3, 0.4) is 0 Å². The molecule has 1 aliphatic heterocycles. The number of nitrogens with one attached hydrogen (secondary N) is 1. The first-order valence-electron chi connectivity index (χ1n) is 10.3. The zero-order valence-corrected chi connectivity index (χ0v) is 19.8. The van der Waals surface area contributed by atoms with Crippen LogP contribution in [0.5, 0.6) is 0 Å². The summed E-state index contributed by atoms with van der Waals surface area (Å²) in [6.45, 7) is 0. The molecular formula is C22H17N7O4S2. The lowest BCUT2D eigenvalue weighted by molar-refractivity contribution is -0.136. The molecule has 0 bridgehead atoms. The zero-order chi connectivity index (χ0) is 24.4. The van der Waals surface area contributed by atoms with E-state index in [1.807, 2.05) is 30.3 Å². The number of fused-ring (bicyclic) bond motifs is 1. The van der Waals surface area contributed by atoms with Crippen LogP contribution in [-0.4, -0.2) is 60.3 Å². The highest BCUT2D eigenvalue weighted by molar-refractivity contribution is 8.01. The lowest BCUT2D eigenvalue weighted by Gasteiger charge is -2.28. The molecule has 4 aromatic rings. The summed E-state index contributed by atoms with van der Waals surface area (Å²) in [5.41, 5.74) is 2.62. The first-order valence-corrected chi connectivity index (χ1v) is 12.1. The number of carbonyl (C=O) groups is 2. The third kappa shape index (κ3) is 4.50. The average molecular weight is 508 g/mol. The molecule has 0 amide bonds. The number of esters is 1. The molecule has 5 rings (SSSR count). The molecule has 2 N–H and O–H groups in total. The van der Waals surface area contributed by atoms with Crippen molar-refractivity contribution in [3.63, 3.8) is 0 Å². The number of hydrogen-bond donors (Lipinski definition) is 2. The van der Waals surface area contributed by atoms with E-state index < -0.39 is 18.0 Å². The molecule has 2 aromatic carbocycles. The molecule has 2 aromatic heterocycles. The lowest BCUT2D eigenvalue weighted by atomic mass is 9.95. The monoisotopic (exact) mass is 507 g/mol. The second-order valence-electron chi connectivity index (χ2n) is 7.31. The Balaban J connectivity index is 1.48. The number of aromatic carboxylic acids is 1. The number of carboxylic acids is 1. The van der Waals surface area contributed by atoms with E-state index in [4.69, 9.17) is 4.74 Å². The van der Waals surface area contributed by atoms with Crippen LogP contribution in [0, 0.1) is 0 Å². The third-order valence-electron chi connectivity index (χ3n) is 5.24. The Morgan fingerprint density at radius 1 is 1.11 bits per heavy atom. The Kier molecular flexibility index (Phi) is 6.25. The number of carboxylic acid groups (broad SMARTS) is 1. The van der Waals surface area contributed by atoms with Crippen LogP contribution in [0.1, 0.15) is 22.0 Å². The van der Waals surface area contributed by atoms with Crippen molar-refractivity contribution in [1.29, 1.82) is 0 Å². The van der Waals surface area contributed by atoms with Gasteiger partial charge in [0.25, 0.3) is 0 Å². The Bertz CT molecular complexity index is 1420. The van der Waals surface area contributed by atoms with Crippen molar-refractivity contribution in [1.82, 2.24) is 30.4 Å². The highest BCUT2D eigenvalue weighted by atomic mass is 32.2. The Morgan fingerprint density at radius 3 is 2.60 bits per heavy atom. The SMILES string of the molecule is COC(=O)C1=C(CSc2nnc(-c3ccccc3)s2)Nc2nnnn2C1c1ccc(C(=O)O)cc1. The molecule has 176 valence electrons. The average Bonchev–Trinajstić information content (AvgIpc) is 3.56. The fourth-order valence-corrected chi connectivity index (χ4v) is 5.44. The van der Waals surface area contributed by atoms with E-state index in [0.717, 1.165) is 14.9 Å². The smallest absolute Gasteiger partial charge is 0.338 e. The molecule has 3 heterocycles. The summed E-state index contributed by atoms with van der Waals surface area (Å²) in [5, 5.41) is 33.5. The second kappa shape index (κ2) is 9.64. The van der Waals surface area contributed by atoms with E-state index in [-0.39, 0.29) is 5.56 Å². The van der Waals surface area contributed by atoms with Crippen LogP contribution in [-0.2, 0) is 9.53 Å². The maximum absolute atomic E-state index is 12.9. The highest BCUT2D eigenvalue weighted by Gasteiger charge is 2.36. The predicted molar refractivity (Wildman–Crippen MR) is 128 cm³/mol. The van der Waals surface area contributed by atoms with Crippen molar-refractivity contribution in [2.24, 2.45) is 0 Å². The van der Waals surface area contributed by atoms with Crippen molar-refractivity contribution in [2.75, 3.05) is 18.2 Å². The molecule has 0 saturated carbocycles. The van der Waals surface area contributed by atoms with Crippen LogP contribution < -0.4 is 5.32 Å². The number of rotatable bonds is 7. The van der Waals surface area contributed by atoms with E-state index >= 15 is 0 Å². The van der Waals surface area contributed by atoms with E-state index in [1.165, 1.54) is 47.0 Å². The molecule has 13 heteroatoms. The molecular weight excluding hydrogens is 490 g/mol. The number of hydrogen-bond acceptors (Lipinski definition) is 11. The molecule has 0 fully saturated rings. The number of thioether (sulfide) groups is 1. The van der Waals surface area contributed by atoms with Crippen molar-refractivity contribution >= 4 is 41.0 Å². The van der Waals surface area contributed by atoms with E-state index in [1.54, 1.807) is 12.1 Å². The Labute approximate surface area is 206 Å². The van der Waals surface area contributed by atoms with Gasteiger partial charge in [-0.1, -0.05) is 70.7 Å². The van der Waals surface area contributed by atoms with Crippen LogP contribution in [0.15, 0.2) is 70.2 Å². The number of ether oxygens (including phenoxy) is 1. The fraction of sp³-hybridized carbons (Fsp3) is 0.136. The van der Waals surface area contributed by atoms with Gasteiger partial charge in [0.05, 0.1) is 18.2 Å². The Hall–Kier alpha value is -4.10. The first-order chi connectivity index (χ1) is 17.0. The second-order valence-corrected chi connectivity index (χ2v) is 9.51. The minimum absolute atomic E-state index is 0.129. The summed E-state index contributed by atoms with van der Waals surface area (Å²) in [6.07, 6.45) is 0. The molecule has 0 saturated heterocycles. The zero-order valence-electron chi connectivity index (χ0n) is 18.2. The summed E-state index contributed by atoms with van der Waals surface area (Å²) in [6, 6.07) is 15.3. The fourth-order valence-electron chi connectivity index (χ4n) is 3.61. The van der Waals surface area contributed by atoms with Gasteiger partial charge in [-0.15, -0.1) is 10.2 Å². The topological polar surface area (TPSA) is 145 Å². The maximum atomic E-state index is 12.9. The molecule has 1 unspecified atom stereocenters. The van der Waals surface area contributed by atoms with Crippen molar-refractivity contribution in [3.8, 4) is 10.6 Å². The van der Waals surface area contributed by atoms with Crippen LogP contribution >= 0.6 is 23.1 Å². The lowest BCUT2D eigenvalue weighted by Crippen LogP contribution is -2.31.